The van der Waals surface area contributed by atoms with Gasteiger partial charge in [-0.3, -0.25) is 0 Å². The van der Waals surface area contributed by atoms with Gasteiger partial charge in [0.15, 0.2) is 0 Å². The minimum Gasteiger partial charge on any atom is -0.379 e. The second-order valence-electron chi connectivity index (χ2n) is 5.58. The first-order valence-corrected chi connectivity index (χ1v) is 7.29. The Kier molecular flexibility index (Phi) is 5.40. The van der Waals surface area contributed by atoms with E-state index in [1.54, 1.807) is 7.11 Å². The predicted octanol–water partition coefficient (Wildman–Crippen LogP) is 2.35. The SMILES string of the molecule is CCOC1CC(Nc2ccccc2CN(C)C)C1OC. The molecule has 20 heavy (non-hydrogen) atoms. The van der Waals surface area contributed by atoms with Crippen molar-refractivity contribution in [2.45, 2.75) is 38.1 Å². The molecule has 0 spiro atoms. The Morgan fingerprint density at radius 3 is 2.70 bits per heavy atom. The molecule has 2 rings (SSSR count). The highest BCUT2D eigenvalue weighted by Crippen LogP contribution is 2.31. The summed E-state index contributed by atoms with van der Waals surface area (Å²) in [6.45, 7) is 3.71. The standard InChI is InChI=1S/C16H26N2O2/c1-5-20-15-10-14(16(15)19-4)17-13-9-7-6-8-12(13)11-18(2)3/h6-9,14-17H,5,10-11H2,1-4H3. The summed E-state index contributed by atoms with van der Waals surface area (Å²) in [5, 5.41) is 3.61. The van der Waals surface area contributed by atoms with Crippen LogP contribution in [0.15, 0.2) is 24.3 Å². The minimum absolute atomic E-state index is 0.141. The molecule has 3 atom stereocenters. The Bertz CT molecular complexity index is 423. The van der Waals surface area contributed by atoms with Gasteiger partial charge < -0.3 is 19.7 Å². The van der Waals surface area contributed by atoms with E-state index in [1.807, 2.05) is 6.92 Å². The number of para-hydroxylation sites is 1. The van der Waals surface area contributed by atoms with Crippen LogP contribution in [0.3, 0.4) is 0 Å². The fourth-order valence-electron chi connectivity index (χ4n) is 2.76. The zero-order valence-corrected chi connectivity index (χ0v) is 12.9. The maximum absolute atomic E-state index is 5.67. The quantitative estimate of drug-likeness (QED) is 0.830. The molecule has 0 heterocycles. The van der Waals surface area contributed by atoms with Gasteiger partial charge >= 0.3 is 0 Å². The number of hydrogen-bond acceptors (Lipinski definition) is 4. The molecule has 1 aliphatic carbocycles. The molecule has 0 bridgehead atoms. The molecule has 1 aromatic carbocycles. The van der Waals surface area contributed by atoms with E-state index in [1.165, 1.54) is 11.3 Å². The molecular formula is C16H26N2O2. The third kappa shape index (κ3) is 3.51. The van der Waals surface area contributed by atoms with Gasteiger partial charge in [-0.1, -0.05) is 18.2 Å². The second kappa shape index (κ2) is 7.07. The lowest BCUT2D eigenvalue weighted by molar-refractivity contribution is -0.118. The molecule has 0 aliphatic heterocycles. The van der Waals surface area contributed by atoms with Crippen molar-refractivity contribution in [3.63, 3.8) is 0 Å². The largest absolute Gasteiger partial charge is 0.379 e. The lowest BCUT2D eigenvalue weighted by Crippen LogP contribution is -2.56. The number of rotatable bonds is 7. The molecule has 1 fully saturated rings. The summed E-state index contributed by atoms with van der Waals surface area (Å²) >= 11 is 0. The highest BCUT2D eigenvalue weighted by molar-refractivity contribution is 5.52. The van der Waals surface area contributed by atoms with Crippen LogP contribution in [-0.2, 0) is 16.0 Å². The average molecular weight is 278 g/mol. The van der Waals surface area contributed by atoms with Gasteiger partial charge in [0, 0.05) is 25.9 Å². The highest BCUT2D eigenvalue weighted by Gasteiger charge is 2.42. The van der Waals surface area contributed by atoms with E-state index < -0.39 is 0 Å². The molecule has 4 nitrogen and oxygen atoms in total. The van der Waals surface area contributed by atoms with Crippen LogP contribution in [0.25, 0.3) is 0 Å². The third-order valence-electron chi connectivity index (χ3n) is 3.75. The van der Waals surface area contributed by atoms with Crippen molar-refractivity contribution >= 4 is 5.69 Å². The molecular weight excluding hydrogens is 252 g/mol. The zero-order valence-electron chi connectivity index (χ0n) is 12.9. The fourth-order valence-corrected chi connectivity index (χ4v) is 2.76. The van der Waals surface area contributed by atoms with Crippen molar-refractivity contribution in [1.29, 1.82) is 0 Å². The van der Waals surface area contributed by atoms with Crippen LogP contribution in [0.4, 0.5) is 5.69 Å². The molecule has 4 heteroatoms. The van der Waals surface area contributed by atoms with Gasteiger partial charge in [0.25, 0.3) is 0 Å². The molecule has 3 unspecified atom stereocenters. The van der Waals surface area contributed by atoms with Gasteiger partial charge in [0.05, 0.1) is 12.1 Å². The molecule has 1 aromatic rings. The predicted molar refractivity (Wildman–Crippen MR) is 82.1 cm³/mol. The third-order valence-corrected chi connectivity index (χ3v) is 3.75. The van der Waals surface area contributed by atoms with Crippen molar-refractivity contribution in [3.8, 4) is 0 Å². The van der Waals surface area contributed by atoms with Crippen LogP contribution in [0.5, 0.6) is 0 Å². The van der Waals surface area contributed by atoms with Gasteiger partial charge in [-0.15, -0.1) is 0 Å². The zero-order chi connectivity index (χ0) is 14.5. The van der Waals surface area contributed by atoms with E-state index in [2.05, 4.69) is 48.6 Å². The Balaban J connectivity index is 2.00. The molecule has 0 radical (unpaired) electrons. The first-order chi connectivity index (χ1) is 9.65. The number of ether oxygens (including phenoxy) is 2. The maximum atomic E-state index is 5.67. The van der Waals surface area contributed by atoms with E-state index in [0.29, 0.717) is 6.04 Å². The number of methoxy groups -OCH3 is 1. The van der Waals surface area contributed by atoms with Crippen LogP contribution in [0.2, 0.25) is 0 Å². The van der Waals surface area contributed by atoms with E-state index in [0.717, 1.165) is 19.6 Å². The molecule has 0 amide bonds. The summed E-state index contributed by atoms with van der Waals surface area (Å²) in [6.07, 6.45) is 1.37. The number of hydrogen-bond donors (Lipinski definition) is 1. The average Bonchev–Trinajstić information content (AvgIpc) is 2.39. The van der Waals surface area contributed by atoms with Crippen LogP contribution in [0, 0.1) is 0 Å². The van der Waals surface area contributed by atoms with Gasteiger partial charge in [-0.2, -0.15) is 0 Å². The van der Waals surface area contributed by atoms with Crippen molar-refractivity contribution in [2.24, 2.45) is 0 Å². The highest BCUT2D eigenvalue weighted by atomic mass is 16.5. The summed E-state index contributed by atoms with van der Waals surface area (Å²) in [5.41, 5.74) is 2.51. The Morgan fingerprint density at radius 1 is 1.30 bits per heavy atom. The number of benzene rings is 1. The van der Waals surface area contributed by atoms with Gasteiger partial charge in [0.1, 0.15) is 6.10 Å². The second-order valence-corrected chi connectivity index (χ2v) is 5.58. The molecule has 112 valence electrons. The summed E-state index contributed by atoms with van der Waals surface area (Å²) in [4.78, 5) is 2.18. The van der Waals surface area contributed by atoms with Crippen molar-refractivity contribution in [1.82, 2.24) is 4.90 Å². The normalized spacial score (nSPS) is 25.6. The summed E-state index contributed by atoms with van der Waals surface area (Å²) in [6, 6.07) is 8.80. The molecule has 1 aliphatic rings. The van der Waals surface area contributed by atoms with E-state index >= 15 is 0 Å². The number of anilines is 1. The van der Waals surface area contributed by atoms with Crippen molar-refractivity contribution < 1.29 is 9.47 Å². The van der Waals surface area contributed by atoms with Crippen LogP contribution >= 0.6 is 0 Å². The molecule has 1 N–H and O–H groups in total. The Hall–Kier alpha value is -1.10. The fraction of sp³-hybridized carbons (Fsp3) is 0.625. The van der Waals surface area contributed by atoms with Crippen LogP contribution in [0.1, 0.15) is 18.9 Å². The van der Waals surface area contributed by atoms with Gasteiger partial charge in [-0.05, 0) is 39.1 Å². The number of nitrogens with one attached hydrogen (secondary N) is 1. The molecule has 1 saturated carbocycles. The summed E-state index contributed by atoms with van der Waals surface area (Å²) < 4.78 is 11.2. The lowest BCUT2D eigenvalue weighted by atomic mass is 9.84. The van der Waals surface area contributed by atoms with E-state index in [-0.39, 0.29) is 12.2 Å². The Morgan fingerprint density at radius 2 is 2.05 bits per heavy atom. The summed E-state index contributed by atoms with van der Waals surface area (Å²) in [5.74, 6) is 0. The van der Waals surface area contributed by atoms with Crippen molar-refractivity contribution in [2.75, 3.05) is 33.1 Å². The summed E-state index contributed by atoms with van der Waals surface area (Å²) in [7, 11) is 5.93. The smallest absolute Gasteiger partial charge is 0.103 e. The van der Waals surface area contributed by atoms with Crippen LogP contribution < -0.4 is 5.32 Å². The topological polar surface area (TPSA) is 33.7 Å². The number of nitrogens with zero attached hydrogens (tertiary/aromatic N) is 1. The molecule has 0 aromatic heterocycles. The monoisotopic (exact) mass is 278 g/mol. The molecule has 0 saturated heterocycles. The van der Waals surface area contributed by atoms with Gasteiger partial charge in [0.2, 0.25) is 0 Å². The maximum Gasteiger partial charge on any atom is 0.103 e. The Labute approximate surface area is 122 Å². The minimum atomic E-state index is 0.141. The van der Waals surface area contributed by atoms with Gasteiger partial charge in [-0.25, -0.2) is 0 Å². The van der Waals surface area contributed by atoms with E-state index in [9.17, 15) is 0 Å². The first kappa shape index (κ1) is 15.3. The first-order valence-electron chi connectivity index (χ1n) is 7.29. The van der Waals surface area contributed by atoms with Crippen molar-refractivity contribution in [3.05, 3.63) is 29.8 Å². The van der Waals surface area contributed by atoms with E-state index in [4.69, 9.17) is 9.47 Å². The lowest BCUT2D eigenvalue weighted by Gasteiger charge is -2.44. The van der Waals surface area contributed by atoms with Crippen LogP contribution in [-0.4, -0.2) is 51.0 Å².